The van der Waals surface area contributed by atoms with E-state index in [1.54, 1.807) is 0 Å². The van der Waals surface area contributed by atoms with Crippen LogP contribution in [0.4, 0.5) is 0 Å². The van der Waals surface area contributed by atoms with Gasteiger partial charge in [0.05, 0.1) is 0 Å². The smallest absolute Gasteiger partial charge is 0.0271 e. The van der Waals surface area contributed by atoms with Crippen molar-refractivity contribution in [2.24, 2.45) is 17.6 Å². The predicted octanol–water partition coefficient (Wildman–Crippen LogP) is 1.40. The lowest BCUT2D eigenvalue weighted by Crippen LogP contribution is -2.31. The molecule has 0 amide bonds. The Morgan fingerprint density at radius 3 is 2.53 bits per heavy atom. The molecule has 1 atom stereocenters. The summed E-state index contributed by atoms with van der Waals surface area (Å²) in [5.41, 5.74) is 6.97. The van der Waals surface area contributed by atoms with Crippen molar-refractivity contribution in [3.63, 3.8) is 0 Å². The summed E-state index contributed by atoms with van der Waals surface area (Å²) >= 11 is 0. The normalized spacial score (nSPS) is 13.1. The van der Waals surface area contributed by atoms with Gasteiger partial charge in [0.25, 0.3) is 0 Å². The Bertz CT molecular complexity index is 259. The molecule has 0 fully saturated rings. The van der Waals surface area contributed by atoms with E-state index in [1.165, 1.54) is 5.56 Å². The summed E-state index contributed by atoms with van der Waals surface area (Å²) in [6.07, 6.45) is 3.64. The Morgan fingerprint density at radius 2 is 2.00 bits per heavy atom. The summed E-state index contributed by atoms with van der Waals surface area (Å²) < 4.78 is 0. The van der Waals surface area contributed by atoms with Gasteiger partial charge in [-0.25, -0.2) is 0 Å². The summed E-state index contributed by atoms with van der Waals surface area (Å²) in [6.45, 7) is 7.06. The van der Waals surface area contributed by atoms with E-state index in [2.05, 4.69) is 24.1 Å². The molecule has 0 saturated carbocycles. The number of rotatable bonds is 6. The van der Waals surface area contributed by atoms with Gasteiger partial charge in [-0.3, -0.25) is 4.98 Å². The van der Waals surface area contributed by atoms with Crippen LogP contribution in [-0.2, 0) is 6.54 Å². The summed E-state index contributed by atoms with van der Waals surface area (Å²) in [4.78, 5) is 3.99. The Balaban J connectivity index is 2.27. The van der Waals surface area contributed by atoms with Gasteiger partial charge in [0.15, 0.2) is 0 Å². The number of nitrogens with two attached hydrogens (primary N) is 1. The SMILES string of the molecule is CC(C)C(CN)CNCc1ccncc1. The molecule has 3 heteroatoms. The first-order valence-corrected chi connectivity index (χ1v) is 5.53. The molecule has 0 aliphatic carbocycles. The molecule has 84 valence electrons. The van der Waals surface area contributed by atoms with Gasteiger partial charge in [0, 0.05) is 18.9 Å². The van der Waals surface area contributed by atoms with Crippen LogP contribution in [0.2, 0.25) is 0 Å². The minimum Gasteiger partial charge on any atom is -0.330 e. The molecule has 1 heterocycles. The van der Waals surface area contributed by atoms with Crippen LogP contribution in [0, 0.1) is 11.8 Å². The van der Waals surface area contributed by atoms with Crippen molar-refractivity contribution in [3.05, 3.63) is 30.1 Å². The van der Waals surface area contributed by atoms with Crippen molar-refractivity contribution in [2.45, 2.75) is 20.4 Å². The minimum absolute atomic E-state index is 0.562. The number of nitrogens with one attached hydrogen (secondary N) is 1. The first kappa shape index (κ1) is 12.1. The largest absolute Gasteiger partial charge is 0.330 e. The van der Waals surface area contributed by atoms with Crippen molar-refractivity contribution in [1.29, 1.82) is 0 Å². The highest BCUT2D eigenvalue weighted by Crippen LogP contribution is 2.07. The third kappa shape index (κ3) is 4.40. The predicted molar refractivity (Wildman–Crippen MR) is 63.3 cm³/mol. The Morgan fingerprint density at radius 1 is 1.33 bits per heavy atom. The number of aromatic nitrogens is 1. The molecule has 0 saturated heterocycles. The van der Waals surface area contributed by atoms with Crippen molar-refractivity contribution in [3.8, 4) is 0 Å². The quantitative estimate of drug-likeness (QED) is 0.741. The molecular weight excluding hydrogens is 186 g/mol. The fourth-order valence-corrected chi connectivity index (χ4v) is 1.49. The highest BCUT2D eigenvalue weighted by atomic mass is 14.9. The average Bonchev–Trinajstić information content (AvgIpc) is 2.25. The fourth-order valence-electron chi connectivity index (χ4n) is 1.49. The molecule has 1 aromatic rings. The van der Waals surface area contributed by atoms with Gasteiger partial charge >= 0.3 is 0 Å². The molecule has 0 aliphatic heterocycles. The van der Waals surface area contributed by atoms with E-state index in [-0.39, 0.29) is 0 Å². The Kier molecular flexibility index (Phi) is 5.29. The number of nitrogens with zero attached hydrogens (tertiary/aromatic N) is 1. The van der Waals surface area contributed by atoms with Crippen molar-refractivity contribution in [2.75, 3.05) is 13.1 Å². The number of hydrogen-bond acceptors (Lipinski definition) is 3. The molecule has 1 unspecified atom stereocenters. The van der Waals surface area contributed by atoms with E-state index in [0.717, 1.165) is 19.6 Å². The van der Waals surface area contributed by atoms with Gasteiger partial charge in [0.2, 0.25) is 0 Å². The standard InChI is InChI=1S/C12H21N3/c1-10(2)12(7-13)9-15-8-11-3-5-14-6-4-11/h3-6,10,12,15H,7-9,13H2,1-2H3. The lowest BCUT2D eigenvalue weighted by Gasteiger charge is -2.19. The summed E-state index contributed by atoms with van der Waals surface area (Å²) in [6, 6.07) is 4.06. The third-order valence-corrected chi connectivity index (χ3v) is 2.73. The van der Waals surface area contributed by atoms with E-state index in [4.69, 9.17) is 5.73 Å². The van der Waals surface area contributed by atoms with Crippen LogP contribution < -0.4 is 11.1 Å². The van der Waals surface area contributed by atoms with Gasteiger partial charge in [-0.05, 0) is 42.6 Å². The van der Waals surface area contributed by atoms with Gasteiger partial charge in [-0.1, -0.05) is 13.8 Å². The summed E-state index contributed by atoms with van der Waals surface area (Å²) in [5.74, 6) is 1.20. The van der Waals surface area contributed by atoms with Crippen LogP contribution in [0.15, 0.2) is 24.5 Å². The van der Waals surface area contributed by atoms with Gasteiger partial charge in [-0.15, -0.1) is 0 Å². The first-order valence-electron chi connectivity index (χ1n) is 5.53. The summed E-state index contributed by atoms with van der Waals surface area (Å²) in [7, 11) is 0. The number of pyridine rings is 1. The highest BCUT2D eigenvalue weighted by molar-refractivity contribution is 5.08. The van der Waals surface area contributed by atoms with Crippen LogP contribution in [0.25, 0.3) is 0 Å². The molecule has 0 aromatic carbocycles. The van der Waals surface area contributed by atoms with Crippen LogP contribution in [0.1, 0.15) is 19.4 Å². The Labute approximate surface area is 92.1 Å². The number of hydrogen-bond donors (Lipinski definition) is 2. The maximum atomic E-state index is 5.70. The minimum atomic E-state index is 0.562. The lowest BCUT2D eigenvalue weighted by atomic mass is 9.96. The van der Waals surface area contributed by atoms with E-state index in [1.807, 2.05) is 24.5 Å². The average molecular weight is 207 g/mol. The van der Waals surface area contributed by atoms with Crippen LogP contribution >= 0.6 is 0 Å². The topological polar surface area (TPSA) is 50.9 Å². The molecule has 0 radical (unpaired) electrons. The zero-order valence-electron chi connectivity index (χ0n) is 9.61. The second kappa shape index (κ2) is 6.53. The highest BCUT2D eigenvalue weighted by Gasteiger charge is 2.10. The first-order chi connectivity index (χ1) is 7.24. The van der Waals surface area contributed by atoms with Gasteiger partial charge in [-0.2, -0.15) is 0 Å². The van der Waals surface area contributed by atoms with Crippen LogP contribution in [0.5, 0.6) is 0 Å². The molecular formula is C12H21N3. The zero-order chi connectivity index (χ0) is 11.1. The molecule has 3 nitrogen and oxygen atoms in total. The molecule has 15 heavy (non-hydrogen) atoms. The maximum absolute atomic E-state index is 5.70. The van der Waals surface area contributed by atoms with Crippen LogP contribution in [-0.4, -0.2) is 18.1 Å². The molecule has 1 rings (SSSR count). The molecule has 1 aromatic heterocycles. The lowest BCUT2D eigenvalue weighted by molar-refractivity contribution is 0.370. The van der Waals surface area contributed by atoms with Crippen LogP contribution in [0.3, 0.4) is 0 Å². The molecule has 0 aliphatic rings. The Hall–Kier alpha value is -0.930. The van der Waals surface area contributed by atoms with Gasteiger partial charge < -0.3 is 11.1 Å². The zero-order valence-corrected chi connectivity index (χ0v) is 9.61. The monoisotopic (exact) mass is 207 g/mol. The van der Waals surface area contributed by atoms with E-state index in [0.29, 0.717) is 11.8 Å². The maximum Gasteiger partial charge on any atom is 0.0271 e. The van der Waals surface area contributed by atoms with Gasteiger partial charge in [0.1, 0.15) is 0 Å². The van der Waals surface area contributed by atoms with Crippen molar-refractivity contribution >= 4 is 0 Å². The van der Waals surface area contributed by atoms with Crippen molar-refractivity contribution < 1.29 is 0 Å². The third-order valence-electron chi connectivity index (χ3n) is 2.73. The van der Waals surface area contributed by atoms with E-state index < -0.39 is 0 Å². The molecule has 0 spiro atoms. The van der Waals surface area contributed by atoms with E-state index in [9.17, 15) is 0 Å². The fraction of sp³-hybridized carbons (Fsp3) is 0.583. The van der Waals surface area contributed by atoms with E-state index >= 15 is 0 Å². The second-order valence-electron chi connectivity index (χ2n) is 4.23. The second-order valence-corrected chi connectivity index (χ2v) is 4.23. The summed E-state index contributed by atoms with van der Waals surface area (Å²) in [5, 5.41) is 3.43. The molecule has 3 N–H and O–H groups in total. The molecule has 0 bridgehead atoms. The van der Waals surface area contributed by atoms with Crippen molar-refractivity contribution in [1.82, 2.24) is 10.3 Å².